The molecule has 1 N–H and O–H groups in total. The van der Waals surface area contributed by atoms with Gasteiger partial charge in [0.1, 0.15) is 5.60 Å². The van der Waals surface area contributed by atoms with Crippen LogP contribution >= 0.6 is 24.0 Å². The van der Waals surface area contributed by atoms with Crippen LogP contribution in [-0.2, 0) is 4.74 Å². The number of nitrogens with one attached hydrogen (secondary N) is 1. The molecular formula is C13H19NO2S2. The third-order valence-electron chi connectivity index (χ3n) is 1.85. The molecule has 0 unspecified atom stereocenters. The number of allylic oxidation sites excluding steroid dienone is 1. The van der Waals surface area contributed by atoms with Gasteiger partial charge in [0.25, 0.3) is 0 Å². The van der Waals surface area contributed by atoms with Crippen molar-refractivity contribution in [1.82, 2.24) is 0 Å². The maximum Gasteiger partial charge on any atom is 0.412 e. The van der Waals surface area contributed by atoms with Crippen molar-refractivity contribution in [3.63, 3.8) is 0 Å². The average Bonchev–Trinajstić information content (AvgIpc) is 2.63. The molecule has 0 spiro atoms. The number of thiol groups is 1. The van der Waals surface area contributed by atoms with Crippen molar-refractivity contribution >= 4 is 41.1 Å². The predicted octanol–water partition coefficient (Wildman–Crippen LogP) is 4.43. The molecule has 1 amide bonds. The molecule has 0 atom stereocenters. The second-order valence-electron chi connectivity index (χ2n) is 4.79. The van der Waals surface area contributed by atoms with Crippen LogP contribution in [0.5, 0.6) is 0 Å². The van der Waals surface area contributed by atoms with Crippen LogP contribution in [0.15, 0.2) is 17.5 Å². The number of amides is 1. The van der Waals surface area contributed by atoms with Crippen LogP contribution in [0.3, 0.4) is 0 Å². The van der Waals surface area contributed by atoms with E-state index in [1.807, 2.05) is 38.3 Å². The number of hydrogen-bond donors (Lipinski definition) is 2. The average molecular weight is 285 g/mol. The van der Waals surface area contributed by atoms with E-state index in [1.54, 1.807) is 0 Å². The molecule has 1 heterocycles. The van der Waals surface area contributed by atoms with Crippen molar-refractivity contribution < 1.29 is 9.53 Å². The van der Waals surface area contributed by atoms with Gasteiger partial charge in [-0.1, -0.05) is 12.2 Å². The molecule has 18 heavy (non-hydrogen) atoms. The van der Waals surface area contributed by atoms with Gasteiger partial charge in [-0.25, -0.2) is 4.79 Å². The number of carbonyl (C=O) groups excluding carboxylic acids is 1. The third kappa shape index (κ3) is 6.12. The molecule has 5 heteroatoms. The fourth-order valence-corrected chi connectivity index (χ4v) is 2.11. The number of rotatable bonds is 4. The Kier molecular flexibility index (Phi) is 5.75. The fourth-order valence-electron chi connectivity index (χ4n) is 1.20. The highest BCUT2D eigenvalue weighted by Crippen LogP contribution is 2.22. The van der Waals surface area contributed by atoms with Crippen LogP contribution in [0, 0.1) is 0 Å². The van der Waals surface area contributed by atoms with Crippen LogP contribution in [0.4, 0.5) is 9.80 Å². The van der Waals surface area contributed by atoms with Crippen molar-refractivity contribution in [2.24, 2.45) is 0 Å². The first-order valence-corrected chi connectivity index (χ1v) is 7.28. The number of anilines is 1. The summed E-state index contributed by atoms with van der Waals surface area (Å²) in [6.45, 7) is 5.52. The van der Waals surface area contributed by atoms with Gasteiger partial charge in [0, 0.05) is 5.38 Å². The Morgan fingerprint density at radius 1 is 1.56 bits per heavy atom. The van der Waals surface area contributed by atoms with Gasteiger partial charge in [0.2, 0.25) is 0 Å². The lowest BCUT2D eigenvalue weighted by Gasteiger charge is -2.19. The minimum atomic E-state index is -0.476. The normalized spacial score (nSPS) is 11.8. The molecule has 0 saturated carbocycles. The highest BCUT2D eigenvalue weighted by molar-refractivity contribution is 7.80. The molecule has 0 aliphatic rings. The van der Waals surface area contributed by atoms with Gasteiger partial charge in [-0.2, -0.15) is 12.6 Å². The second-order valence-corrected chi connectivity index (χ2v) is 6.14. The zero-order chi connectivity index (χ0) is 13.6. The van der Waals surface area contributed by atoms with Crippen LogP contribution < -0.4 is 5.32 Å². The molecule has 0 bridgehead atoms. The van der Waals surface area contributed by atoms with E-state index in [9.17, 15) is 4.79 Å². The monoisotopic (exact) mass is 285 g/mol. The van der Waals surface area contributed by atoms with Gasteiger partial charge < -0.3 is 4.74 Å². The first-order valence-electron chi connectivity index (χ1n) is 5.76. The quantitative estimate of drug-likeness (QED) is 0.803. The maximum absolute atomic E-state index is 11.5. The Morgan fingerprint density at radius 3 is 2.89 bits per heavy atom. The molecule has 100 valence electrons. The van der Waals surface area contributed by atoms with Gasteiger partial charge in [0.15, 0.2) is 0 Å². The van der Waals surface area contributed by atoms with Crippen molar-refractivity contribution in [3.8, 4) is 0 Å². The topological polar surface area (TPSA) is 38.3 Å². The van der Waals surface area contributed by atoms with Crippen molar-refractivity contribution in [2.75, 3.05) is 11.1 Å². The zero-order valence-electron chi connectivity index (χ0n) is 10.9. The lowest BCUT2D eigenvalue weighted by Crippen LogP contribution is -2.26. The summed E-state index contributed by atoms with van der Waals surface area (Å²) in [4.78, 5) is 11.5. The van der Waals surface area contributed by atoms with Gasteiger partial charge in [-0.15, -0.1) is 11.3 Å². The van der Waals surface area contributed by atoms with Crippen LogP contribution in [0.2, 0.25) is 0 Å². The molecule has 1 aromatic rings. The molecular weight excluding hydrogens is 266 g/mol. The maximum atomic E-state index is 11.5. The second kappa shape index (κ2) is 6.85. The van der Waals surface area contributed by atoms with Gasteiger partial charge in [0.05, 0.1) is 5.00 Å². The molecule has 1 rings (SSSR count). The lowest BCUT2D eigenvalue weighted by atomic mass is 10.2. The summed E-state index contributed by atoms with van der Waals surface area (Å²) in [6, 6.07) is 1.92. The minimum absolute atomic E-state index is 0.421. The SMILES string of the molecule is CC(C)(C)OC(=O)Nc1cc(C=CCCS)cs1. The Labute approximate surface area is 118 Å². The molecule has 0 radical (unpaired) electrons. The van der Waals surface area contributed by atoms with E-state index in [4.69, 9.17) is 4.74 Å². The summed E-state index contributed by atoms with van der Waals surface area (Å²) in [7, 11) is 0. The van der Waals surface area contributed by atoms with Crippen molar-refractivity contribution in [2.45, 2.75) is 32.8 Å². The van der Waals surface area contributed by atoms with Crippen molar-refractivity contribution in [1.29, 1.82) is 0 Å². The van der Waals surface area contributed by atoms with Crippen LogP contribution in [0.1, 0.15) is 32.8 Å². The first kappa shape index (κ1) is 15.1. The van der Waals surface area contributed by atoms with Crippen LogP contribution in [0.25, 0.3) is 6.08 Å². The highest BCUT2D eigenvalue weighted by Gasteiger charge is 2.16. The largest absolute Gasteiger partial charge is 0.444 e. The molecule has 1 aromatic heterocycles. The van der Waals surface area contributed by atoms with E-state index < -0.39 is 11.7 Å². The summed E-state index contributed by atoms with van der Waals surface area (Å²) >= 11 is 5.61. The van der Waals surface area contributed by atoms with Crippen molar-refractivity contribution in [3.05, 3.63) is 23.1 Å². The Balaban J connectivity index is 2.51. The number of ether oxygens (including phenoxy) is 1. The van der Waals surface area contributed by atoms with Gasteiger partial charge in [-0.05, 0) is 44.6 Å². The van der Waals surface area contributed by atoms with Gasteiger partial charge >= 0.3 is 6.09 Å². The van der Waals surface area contributed by atoms with E-state index in [0.717, 1.165) is 22.7 Å². The van der Waals surface area contributed by atoms with E-state index in [2.05, 4.69) is 24.0 Å². The number of hydrogen-bond acceptors (Lipinski definition) is 4. The first-order chi connectivity index (χ1) is 8.40. The smallest absolute Gasteiger partial charge is 0.412 e. The predicted molar refractivity (Wildman–Crippen MR) is 81.7 cm³/mol. The Bertz CT molecular complexity index is 419. The van der Waals surface area contributed by atoms with E-state index in [0.29, 0.717) is 0 Å². The molecule has 0 fully saturated rings. The third-order valence-corrected chi connectivity index (χ3v) is 2.97. The van der Waals surface area contributed by atoms with E-state index in [-0.39, 0.29) is 0 Å². The van der Waals surface area contributed by atoms with E-state index >= 15 is 0 Å². The standard InChI is InChI=1S/C13H19NO2S2/c1-13(2,3)16-12(15)14-11-8-10(9-18-11)6-4-5-7-17/h4,6,8-9,17H,5,7H2,1-3H3,(H,14,15). The van der Waals surface area contributed by atoms with Crippen LogP contribution in [-0.4, -0.2) is 17.4 Å². The zero-order valence-corrected chi connectivity index (χ0v) is 12.6. The van der Waals surface area contributed by atoms with E-state index in [1.165, 1.54) is 11.3 Å². The molecule has 0 aromatic carbocycles. The number of carbonyl (C=O) groups is 1. The fraction of sp³-hybridized carbons (Fsp3) is 0.462. The Morgan fingerprint density at radius 2 is 2.28 bits per heavy atom. The van der Waals surface area contributed by atoms with Gasteiger partial charge in [-0.3, -0.25) is 5.32 Å². The molecule has 0 aliphatic carbocycles. The summed E-state index contributed by atoms with van der Waals surface area (Å²) in [5.74, 6) is 0.837. The summed E-state index contributed by atoms with van der Waals surface area (Å²) < 4.78 is 5.18. The molecule has 3 nitrogen and oxygen atoms in total. The summed E-state index contributed by atoms with van der Waals surface area (Å²) in [6.07, 6.45) is 4.60. The lowest BCUT2D eigenvalue weighted by molar-refractivity contribution is 0.0636. The summed E-state index contributed by atoms with van der Waals surface area (Å²) in [5, 5.41) is 5.49. The Hall–Kier alpha value is -0.940. The number of thiophene rings is 1. The highest BCUT2D eigenvalue weighted by atomic mass is 32.1. The molecule has 0 aliphatic heterocycles. The molecule has 0 saturated heterocycles. The summed E-state index contributed by atoms with van der Waals surface area (Å²) in [5.41, 5.74) is 0.601. The minimum Gasteiger partial charge on any atom is -0.444 e.